The largest absolute Gasteiger partial charge is 0.366 e. The molecule has 0 saturated heterocycles. The molecule has 102 valence electrons. The number of primary amides is 1. The number of nitrogens with two attached hydrogens (primary N) is 1. The monoisotopic (exact) mass is 289 g/mol. The van der Waals surface area contributed by atoms with E-state index in [1.807, 2.05) is 18.2 Å². The van der Waals surface area contributed by atoms with Crippen molar-refractivity contribution in [2.75, 3.05) is 10.6 Å². The van der Waals surface area contributed by atoms with E-state index in [1.54, 1.807) is 18.2 Å². The average Bonchev–Trinajstić information content (AvgIpc) is 2.41. The number of para-hydroxylation sites is 1. The highest BCUT2D eigenvalue weighted by atomic mass is 35.5. The maximum atomic E-state index is 11.8. The molecule has 2 aromatic carbocycles. The fraction of sp³-hybridized carbons (Fsp3) is 0. The first-order chi connectivity index (χ1) is 9.56. The van der Waals surface area contributed by atoms with Crippen LogP contribution in [-0.2, 0) is 0 Å². The van der Waals surface area contributed by atoms with Gasteiger partial charge in [-0.15, -0.1) is 0 Å². The lowest BCUT2D eigenvalue weighted by molar-refractivity contribution is 0.100. The second kappa shape index (κ2) is 6.08. The van der Waals surface area contributed by atoms with E-state index in [1.165, 1.54) is 12.1 Å². The van der Waals surface area contributed by atoms with Crippen molar-refractivity contribution in [3.63, 3.8) is 0 Å². The number of rotatable bonds is 3. The highest BCUT2D eigenvalue weighted by Crippen LogP contribution is 2.20. The number of anilines is 2. The van der Waals surface area contributed by atoms with Gasteiger partial charge in [0.25, 0.3) is 0 Å². The number of amides is 3. The molecule has 0 unspecified atom stereocenters. The third kappa shape index (κ3) is 3.49. The summed E-state index contributed by atoms with van der Waals surface area (Å²) < 4.78 is 0. The average molecular weight is 290 g/mol. The predicted molar refractivity (Wildman–Crippen MR) is 79.1 cm³/mol. The van der Waals surface area contributed by atoms with Crippen LogP contribution in [0.25, 0.3) is 0 Å². The topological polar surface area (TPSA) is 84.2 Å². The van der Waals surface area contributed by atoms with Gasteiger partial charge in [0.05, 0.1) is 10.6 Å². The molecule has 6 heteroatoms. The van der Waals surface area contributed by atoms with Gasteiger partial charge in [0.1, 0.15) is 0 Å². The van der Waals surface area contributed by atoms with E-state index < -0.39 is 11.9 Å². The molecule has 5 nitrogen and oxygen atoms in total. The van der Waals surface area contributed by atoms with Crippen LogP contribution < -0.4 is 16.4 Å². The first kappa shape index (κ1) is 13.9. The summed E-state index contributed by atoms with van der Waals surface area (Å²) in [4.78, 5) is 22.9. The smallest absolute Gasteiger partial charge is 0.323 e. The normalized spacial score (nSPS) is 9.85. The standard InChI is InChI=1S/C14H12ClN3O2/c15-12-7-6-10(8-11(12)13(16)19)18-14(20)17-9-4-2-1-3-5-9/h1-8H,(H2,16,19)(H2,17,18,20). The summed E-state index contributed by atoms with van der Waals surface area (Å²) in [6.45, 7) is 0. The highest BCUT2D eigenvalue weighted by Gasteiger charge is 2.09. The van der Waals surface area contributed by atoms with Gasteiger partial charge in [-0.2, -0.15) is 0 Å². The van der Waals surface area contributed by atoms with Gasteiger partial charge in [0, 0.05) is 11.4 Å². The molecule has 0 aliphatic heterocycles. The number of carbonyl (C=O) groups is 2. The van der Waals surface area contributed by atoms with Crippen molar-refractivity contribution in [1.29, 1.82) is 0 Å². The molecule has 0 aliphatic rings. The lowest BCUT2D eigenvalue weighted by Gasteiger charge is -2.09. The highest BCUT2D eigenvalue weighted by molar-refractivity contribution is 6.34. The number of urea groups is 1. The van der Waals surface area contributed by atoms with Crippen LogP contribution in [0.15, 0.2) is 48.5 Å². The molecular weight excluding hydrogens is 278 g/mol. The summed E-state index contributed by atoms with van der Waals surface area (Å²) in [5.74, 6) is -0.651. The van der Waals surface area contributed by atoms with Crippen molar-refractivity contribution >= 4 is 34.9 Å². The molecule has 0 saturated carbocycles. The van der Waals surface area contributed by atoms with Gasteiger partial charge in [-0.25, -0.2) is 4.79 Å². The molecule has 3 amide bonds. The molecular formula is C14H12ClN3O2. The van der Waals surface area contributed by atoms with Gasteiger partial charge < -0.3 is 16.4 Å². The Kier molecular flexibility index (Phi) is 4.22. The van der Waals surface area contributed by atoms with Gasteiger partial charge in [-0.1, -0.05) is 29.8 Å². The van der Waals surface area contributed by atoms with Crippen molar-refractivity contribution in [2.24, 2.45) is 5.73 Å². The Balaban J connectivity index is 2.08. The van der Waals surface area contributed by atoms with Crippen LogP contribution in [0.1, 0.15) is 10.4 Å². The summed E-state index contributed by atoms with van der Waals surface area (Å²) in [6, 6.07) is 13.1. The Morgan fingerprint density at radius 2 is 1.60 bits per heavy atom. The summed E-state index contributed by atoms with van der Waals surface area (Å²) in [5, 5.41) is 5.49. The Hall–Kier alpha value is -2.53. The molecule has 0 atom stereocenters. The van der Waals surface area contributed by atoms with Crippen molar-refractivity contribution < 1.29 is 9.59 Å². The van der Waals surface area contributed by atoms with Crippen LogP contribution >= 0.6 is 11.6 Å². The molecule has 2 rings (SSSR count). The van der Waals surface area contributed by atoms with E-state index in [0.717, 1.165) is 0 Å². The van der Waals surface area contributed by atoms with E-state index in [4.69, 9.17) is 17.3 Å². The number of nitrogens with one attached hydrogen (secondary N) is 2. The number of hydrogen-bond donors (Lipinski definition) is 3. The zero-order valence-electron chi connectivity index (χ0n) is 10.4. The summed E-state index contributed by atoms with van der Waals surface area (Å²) >= 11 is 5.83. The quantitative estimate of drug-likeness (QED) is 0.811. The second-order valence-electron chi connectivity index (χ2n) is 4.00. The maximum absolute atomic E-state index is 11.8. The molecule has 0 fully saturated rings. The molecule has 0 aromatic heterocycles. The molecule has 2 aromatic rings. The van der Waals surface area contributed by atoms with Crippen LogP contribution in [0.2, 0.25) is 5.02 Å². The summed E-state index contributed by atoms with van der Waals surface area (Å²) in [5.41, 5.74) is 6.43. The van der Waals surface area contributed by atoms with Gasteiger partial charge in [-0.05, 0) is 30.3 Å². The van der Waals surface area contributed by atoms with Crippen molar-refractivity contribution in [1.82, 2.24) is 0 Å². The molecule has 0 bridgehead atoms. The summed E-state index contributed by atoms with van der Waals surface area (Å²) in [6.07, 6.45) is 0. The Morgan fingerprint density at radius 3 is 2.25 bits per heavy atom. The van der Waals surface area contributed by atoms with Crippen LogP contribution in [0.4, 0.5) is 16.2 Å². The number of halogens is 1. The molecule has 0 spiro atoms. The predicted octanol–water partition coefficient (Wildman–Crippen LogP) is 3.08. The van der Waals surface area contributed by atoms with Gasteiger partial charge >= 0.3 is 6.03 Å². The van der Waals surface area contributed by atoms with Crippen molar-refractivity contribution in [3.05, 3.63) is 59.1 Å². The number of carbonyl (C=O) groups excluding carboxylic acids is 2. The van der Waals surface area contributed by atoms with Gasteiger partial charge in [0.2, 0.25) is 5.91 Å². The SMILES string of the molecule is NC(=O)c1cc(NC(=O)Nc2ccccc2)ccc1Cl. The van der Waals surface area contributed by atoms with Gasteiger partial charge in [-0.3, -0.25) is 4.79 Å². The number of hydrogen-bond acceptors (Lipinski definition) is 2. The Labute approximate surface area is 120 Å². The first-order valence-electron chi connectivity index (χ1n) is 5.78. The maximum Gasteiger partial charge on any atom is 0.323 e. The number of benzene rings is 2. The minimum atomic E-state index is -0.651. The lowest BCUT2D eigenvalue weighted by Crippen LogP contribution is -2.20. The van der Waals surface area contributed by atoms with Gasteiger partial charge in [0.15, 0.2) is 0 Å². The minimum Gasteiger partial charge on any atom is -0.366 e. The van der Waals surface area contributed by atoms with E-state index in [0.29, 0.717) is 11.4 Å². The zero-order chi connectivity index (χ0) is 14.5. The third-order valence-corrected chi connectivity index (χ3v) is 2.85. The molecule has 0 radical (unpaired) electrons. The lowest BCUT2D eigenvalue weighted by atomic mass is 10.2. The van der Waals surface area contributed by atoms with Crippen LogP contribution in [-0.4, -0.2) is 11.9 Å². The van der Waals surface area contributed by atoms with Crippen LogP contribution in [0.3, 0.4) is 0 Å². The molecule has 0 aliphatic carbocycles. The fourth-order valence-corrected chi connectivity index (χ4v) is 1.82. The summed E-state index contributed by atoms with van der Waals surface area (Å²) in [7, 11) is 0. The molecule has 4 N–H and O–H groups in total. The van der Waals surface area contributed by atoms with E-state index in [9.17, 15) is 9.59 Å². The van der Waals surface area contributed by atoms with Crippen molar-refractivity contribution in [3.8, 4) is 0 Å². The van der Waals surface area contributed by atoms with Crippen molar-refractivity contribution in [2.45, 2.75) is 0 Å². The minimum absolute atomic E-state index is 0.157. The molecule has 20 heavy (non-hydrogen) atoms. The zero-order valence-corrected chi connectivity index (χ0v) is 11.1. The second-order valence-corrected chi connectivity index (χ2v) is 4.41. The first-order valence-corrected chi connectivity index (χ1v) is 6.16. The fourth-order valence-electron chi connectivity index (χ4n) is 1.61. The van der Waals surface area contributed by atoms with E-state index in [2.05, 4.69) is 10.6 Å². The van der Waals surface area contributed by atoms with E-state index >= 15 is 0 Å². The molecule has 0 heterocycles. The van der Waals surface area contributed by atoms with E-state index in [-0.39, 0.29) is 10.6 Å². The van der Waals surface area contributed by atoms with Crippen LogP contribution in [0.5, 0.6) is 0 Å². The Morgan fingerprint density at radius 1 is 0.950 bits per heavy atom. The Bertz CT molecular complexity index is 644. The third-order valence-electron chi connectivity index (χ3n) is 2.52. The van der Waals surface area contributed by atoms with Crippen LogP contribution in [0, 0.1) is 0 Å².